The fourth-order valence-electron chi connectivity index (χ4n) is 3.72. The summed E-state index contributed by atoms with van der Waals surface area (Å²) in [6, 6.07) is 2.05. The van der Waals surface area contributed by atoms with Gasteiger partial charge in [-0.15, -0.1) is 0 Å². The van der Waals surface area contributed by atoms with Crippen LogP contribution >= 0.6 is 0 Å². The number of hydrogen-bond donors (Lipinski definition) is 0. The fourth-order valence-corrected chi connectivity index (χ4v) is 3.72. The van der Waals surface area contributed by atoms with Crippen molar-refractivity contribution in [2.24, 2.45) is 0 Å². The third kappa shape index (κ3) is 2.44. The van der Waals surface area contributed by atoms with Crippen LogP contribution in [0.3, 0.4) is 0 Å². The van der Waals surface area contributed by atoms with Crippen molar-refractivity contribution in [1.29, 1.82) is 0 Å². The number of halogens is 4. The number of rotatable bonds is 0. The first-order valence-corrected chi connectivity index (χ1v) is 7.75. The first kappa shape index (κ1) is 16.0. The molecule has 0 unspecified atom stereocenters. The maximum absolute atomic E-state index is 14.5. The molecule has 0 aromatic heterocycles. The highest BCUT2D eigenvalue weighted by Crippen LogP contribution is 2.31. The van der Waals surface area contributed by atoms with E-state index in [9.17, 15) is 17.6 Å². The van der Waals surface area contributed by atoms with E-state index in [-0.39, 0.29) is 24.0 Å². The molecule has 3 rings (SSSR count). The predicted molar refractivity (Wildman–Crippen MR) is 81.7 cm³/mol. The minimum absolute atomic E-state index is 0.0199. The summed E-state index contributed by atoms with van der Waals surface area (Å²) >= 11 is 0. The Hall–Kier alpha value is -1.84. The van der Waals surface area contributed by atoms with Crippen molar-refractivity contribution in [1.82, 2.24) is 0 Å². The van der Waals surface area contributed by atoms with Gasteiger partial charge in [-0.1, -0.05) is 6.07 Å². The van der Waals surface area contributed by atoms with E-state index >= 15 is 0 Å². The van der Waals surface area contributed by atoms with Crippen LogP contribution < -0.4 is 0 Å². The van der Waals surface area contributed by atoms with Gasteiger partial charge in [0.25, 0.3) is 0 Å². The Morgan fingerprint density at radius 2 is 0.957 bits per heavy atom. The van der Waals surface area contributed by atoms with Gasteiger partial charge in [-0.3, -0.25) is 0 Å². The molecule has 0 saturated heterocycles. The van der Waals surface area contributed by atoms with Crippen LogP contribution in [0.25, 0.3) is 0 Å². The summed E-state index contributed by atoms with van der Waals surface area (Å²) in [6.45, 7) is 5.92. The van der Waals surface area contributed by atoms with E-state index in [1.165, 1.54) is 0 Å². The van der Waals surface area contributed by atoms with Crippen molar-refractivity contribution < 1.29 is 17.6 Å². The highest BCUT2D eigenvalue weighted by Gasteiger charge is 2.26. The van der Waals surface area contributed by atoms with Crippen molar-refractivity contribution in [2.75, 3.05) is 0 Å². The van der Waals surface area contributed by atoms with Gasteiger partial charge in [-0.05, 0) is 74.3 Å². The summed E-state index contributed by atoms with van der Waals surface area (Å²) in [4.78, 5) is 0. The molecule has 0 spiro atoms. The smallest absolute Gasteiger partial charge is 0.195 e. The number of fused-ring (bicyclic) bond motifs is 4. The number of aryl methyl sites for hydroxylation is 2. The lowest BCUT2D eigenvalue weighted by molar-refractivity contribution is 0.414. The first-order valence-electron chi connectivity index (χ1n) is 7.75. The highest BCUT2D eigenvalue weighted by atomic mass is 19.2. The van der Waals surface area contributed by atoms with Crippen LogP contribution in [-0.2, 0) is 25.7 Å². The molecule has 0 saturated carbocycles. The second-order valence-corrected chi connectivity index (χ2v) is 6.31. The van der Waals surface area contributed by atoms with Gasteiger partial charge in [-0.2, -0.15) is 0 Å². The van der Waals surface area contributed by atoms with E-state index in [1.807, 2.05) is 20.8 Å². The summed E-state index contributed by atoms with van der Waals surface area (Å²) in [7, 11) is 0. The highest BCUT2D eigenvalue weighted by molar-refractivity contribution is 5.46. The minimum Gasteiger partial charge on any atom is -0.206 e. The molecule has 1 aliphatic carbocycles. The van der Waals surface area contributed by atoms with Crippen LogP contribution in [0, 0.1) is 44.0 Å². The lowest BCUT2D eigenvalue weighted by Gasteiger charge is -2.21. The van der Waals surface area contributed by atoms with Gasteiger partial charge < -0.3 is 0 Å². The molecule has 23 heavy (non-hydrogen) atoms. The third-order valence-electron chi connectivity index (χ3n) is 4.99. The van der Waals surface area contributed by atoms with E-state index < -0.39 is 23.3 Å². The van der Waals surface area contributed by atoms with Crippen molar-refractivity contribution in [3.63, 3.8) is 0 Å². The zero-order valence-corrected chi connectivity index (χ0v) is 13.4. The molecule has 0 aliphatic heterocycles. The van der Waals surface area contributed by atoms with Crippen LogP contribution in [0.1, 0.15) is 38.9 Å². The minimum atomic E-state index is -1.56. The Kier molecular flexibility index (Phi) is 3.95. The quantitative estimate of drug-likeness (QED) is 0.362. The van der Waals surface area contributed by atoms with E-state index in [0.29, 0.717) is 12.8 Å². The van der Waals surface area contributed by atoms with Crippen LogP contribution in [-0.4, -0.2) is 0 Å². The molecule has 4 bridgehead atoms. The molecule has 0 fully saturated rings. The summed E-state index contributed by atoms with van der Waals surface area (Å²) in [5, 5.41) is 0. The lowest BCUT2D eigenvalue weighted by Crippen LogP contribution is -2.14. The molecule has 0 amide bonds. The van der Waals surface area contributed by atoms with Crippen molar-refractivity contribution >= 4 is 0 Å². The molecule has 2 aromatic rings. The molecule has 2 aromatic carbocycles. The van der Waals surface area contributed by atoms with Gasteiger partial charge in [0.15, 0.2) is 17.5 Å². The van der Waals surface area contributed by atoms with E-state index in [1.54, 1.807) is 0 Å². The van der Waals surface area contributed by atoms with Gasteiger partial charge in [-0.25, -0.2) is 17.6 Å². The average molecular weight is 322 g/mol. The van der Waals surface area contributed by atoms with Crippen LogP contribution in [0.2, 0.25) is 0 Å². The standard InChI is InChI=1S/C19H18F4/c1-9-8-10(2)13-5-7-15-16(20)14(6-4-12(9)11(13)3)17(21)19(23)18(15)22/h8H,4-7H2,1-3H3. The largest absolute Gasteiger partial charge is 0.206 e. The number of benzene rings is 2. The fraction of sp³-hybridized carbons (Fsp3) is 0.368. The van der Waals surface area contributed by atoms with Crippen molar-refractivity contribution in [3.05, 3.63) is 68.3 Å². The van der Waals surface area contributed by atoms with E-state index in [4.69, 9.17) is 0 Å². The van der Waals surface area contributed by atoms with E-state index in [0.717, 1.165) is 27.8 Å². The first-order chi connectivity index (χ1) is 10.8. The maximum Gasteiger partial charge on any atom is 0.195 e. The zero-order valence-electron chi connectivity index (χ0n) is 13.4. The lowest BCUT2D eigenvalue weighted by atomic mass is 9.85. The zero-order chi connectivity index (χ0) is 16.9. The molecule has 0 N–H and O–H groups in total. The van der Waals surface area contributed by atoms with Gasteiger partial charge in [0.1, 0.15) is 5.82 Å². The Morgan fingerprint density at radius 1 is 0.565 bits per heavy atom. The molecule has 1 aliphatic rings. The average Bonchev–Trinajstić information content (AvgIpc) is 2.49. The molecule has 0 atom stereocenters. The van der Waals surface area contributed by atoms with Crippen LogP contribution in [0.15, 0.2) is 6.07 Å². The molecular weight excluding hydrogens is 304 g/mol. The second kappa shape index (κ2) is 5.66. The van der Waals surface area contributed by atoms with Crippen LogP contribution in [0.4, 0.5) is 17.6 Å². The van der Waals surface area contributed by atoms with E-state index in [2.05, 4.69) is 6.07 Å². The van der Waals surface area contributed by atoms with Crippen molar-refractivity contribution in [2.45, 2.75) is 46.5 Å². The maximum atomic E-state index is 14.5. The predicted octanol–water partition coefficient (Wildman–Crippen LogP) is 5.05. The normalized spacial score (nSPS) is 14.0. The Labute approximate surface area is 133 Å². The van der Waals surface area contributed by atoms with Gasteiger partial charge >= 0.3 is 0 Å². The van der Waals surface area contributed by atoms with Crippen LogP contribution in [0.5, 0.6) is 0 Å². The molecule has 0 nitrogen and oxygen atoms in total. The van der Waals surface area contributed by atoms with Gasteiger partial charge in [0, 0.05) is 11.1 Å². The van der Waals surface area contributed by atoms with Gasteiger partial charge in [0.05, 0.1) is 0 Å². The molecular formula is C19H18F4. The molecule has 0 heterocycles. The third-order valence-corrected chi connectivity index (χ3v) is 4.99. The number of hydrogen-bond acceptors (Lipinski definition) is 0. The Balaban J connectivity index is 2.22. The molecule has 4 heteroatoms. The summed E-state index contributed by atoms with van der Waals surface area (Å²) in [5.74, 6) is -5.29. The molecule has 122 valence electrons. The van der Waals surface area contributed by atoms with Crippen molar-refractivity contribution in [3.8, 4) is 0 Å². The SMILES string of the molecule is Cc1cc(C)c2c(C)c1CCc1c(F)c(F)c(F)c(c1F)CC2. The molecule has 0 radical (unpaired) electrons. The summed E-state index contributed by atoms with van der Waals surface area (Å²) in [6.07, 6.45) is 0.852. The Morgan fingerprint density at radius 3 is 1.39 bits per heavy atom. The van der Waals surface area contributed by atoms with Gasteiger partial charge in [0.2, 0.25) is 0 Å². The monoisotopic (exact) mass is 322 g/mol. The topological polar surface area (TPSA) is 0 Å². The second-order valence-electron chi connectivity index (χ2n) is 6.31. The summed E-state index contributed by atoms with van der Waals surface area (Å²) < 4.78 is 56.2. The summed E-state index contributed by atoms with van der Waals surface area (Å²) in [5.41, 5.74) is 4.61. The Bertz CT molecular complexity index is 747.